The molecule has 0 saturated heterocycles. The second-order valence-electron chi connectivity index (χ2n) is 7.72. The molecule has 1 amide bonds. The van der Waals surface area contributed by atoms with Crippen molar-refractivity contribution in [2.24, 2.45) is 7.05 Å². The highest BCUT2D eigenvalue weighted by Gasteiger charge is 2.56. The van der Waals surface area contributed by atoms with Crippen molar-refractivity contribution in [1.29, 1.82) is 0 Å². The molecule has 1 aromatic heterocycles. The first-order chi connectivity index (χ1) is 12.0. The van der Waals surface area contributed by atoms with Gasteiger partial charge in [0.25, 0.3) is 0 Å². The predicted octanol–water partition coefficient (Wildman–Crippen LogP) is 2.56. The molecule has 0 radical (unpaired) electrons. The Bertz CT molecular complexity index is 701. The molecule has 2 heterocycles. The van der Waals surface area contributed by atoms with E-state index in [0.29, 0.717) is 5.69 Å². The van der Waals surface area contributed by atoms with E-state index in [1.807, 2.05) is 0 Å². The quantitative estimate of drug-likeness (QED) is 0.656. The van der Waals surface area contributed by atoms with Crippen LogP contribution in [0.5, 0.6) is 0 Å². The van der Waals surface area contributed by atoms with Gasteiger partial charge < -0.3 is 19.1 Å². The fourth-order valence-electron chi connectivity index (χ4n) is 2.94. The summed E-state index contributed by atoms with van der Waals surface area (Å²) in [7, 11) is 1.76. The lowest BCUT2D eigenvalue weighted by molar-refractivity contribution is -0.165. The summed E-state index contributed by atoms with van der Waals surface area (Å²) < 4.78 is 12.6. The molecule has 7 heteroatoms. The highest BCUT2D eigenvalue weighted by molar-refractivity contribution is 5.90. The van der Waals surface area contributed by atoms with Gasteiger partial charge in [-0.25, -0.2) is 9.59 Å². The number of carbonyl (C=O) groups is 2. The predicted molar refractivity (Wildman–Crippen MR) is 96.4 cm³/mol. The molecule has 0 fully saturated rings. The Balaban J connectivity index is 2.49. The molecule has 2 rings (SSSR count). The summed E-state index contributed by atoms with van der Waals surface area (Å²) in [6, 6.07) is 3.46. The molecule has 0 aromatic carbocycles. The standard InChI is InChI=1S/C19H28N2O5/c1-13(2)25-16(23)19(15(22)14-9-7-11-20(14)6)10-8-12-21(19)17(24)26-18(3,4)5/h7-11,13,15,22H,12H2,1-6H3/t15-,19?/m1/s1. The molecule has 0 aliphatic carbocycles. The van der Waals surface area contributed by atoms with E-state index >= 15 is 0 Å². The zero-order chi connectivity index (χ0) is 19.7. The Morgan fingerprint density at radius 3 is 2.46 bits per heavy atom. The van der Waals surface area contributed by atoms with E-state index in [-0.39, 0.29) is 6.54 Å². The van der Waals surface area contributed by atoms with Gasteiger partial charge in [0.05, 0.1) is 6.10 Å². The highest BCUT2D eigenvalue weighted by atomic mass is 16.6. The molecule has 1 N–H and O–H groups in total. The lowest BCUT2D eigenvalue weighted by Gasteiger charge is -2.40. The van der Waals surface area contributed by atoms with Crippen LogP contribution in [0, 0.1) is 0 Å². The number of hydrogen-bond acceptors (Lipinski definition) is 5. The first-order valence-corrected chi connectivity index (χ1v) is 8.67. The average molecular weight is 364 g/mol. The van der Waals surface area contributed by atoms with Crippen LogP contribution in [0.15, 0.2) is 30.5 Å². The van der Waals surface area contributed by atoms with Crippen molar-refractivity contribution < 1.29 is 24.2 Å². The zero-order valence-corrected chi connectivity index (χ0v) is 16.2. The number of aryl methyl sites for hydroxylation is 1. The zero-order valence-electron chi connectivity index (χ0n) is 16.2. The third kappa shape index (κ3) is 3.77. The van der Waals surface area contributed by atoms with Gasteiger partial charge >= 0.3 is 12.1 Å². The molecule has 2 atom stereocenters. The maximum Gasteiger partial charge on any atom is 0.411 e. The largest absolute Gasteiger partial charge is 0.461 e. The van der Waals surface area contributed by atoms with Crippen LogP contribution in [0.2, 0.25) is 0 Å². The molecule has 0 bridgehead atoms. The van der Waals surface area contributed by atoms with Gasteiger partial charge in [0.1, 0.15) is 11.7 Å². The molecular formula is C19H28N2O5. The van der Waals surface area contributed by atoms with Gasteiger partial charge in [0.2, 0.25) is 0 Å². The molecule has 144 valence electrons. The van der Waals surface area contributed by atoms with Gasteiger partial charge in [0, 0.05) is 25.5 Å². The van der Waals surface area contributed by atoms with Crippen LogP contribution in [0.4, 0.5) is 4.79 Å². The summed E-state index contributed by atoms with van der Waals surface area (Å²) >= 11 is 0. The van der Waals surface area contributed by atoms with E-state index in [1.54, 1.807) is 70.6 Å². The summed E-state index contributed by atoms with van der Waals surface area (Å²) in [4.78, 5) is 27.0. The van der Waals surface area contributed by atoms with Crippen LogP contribution in [0.25, 0.3) is 0 Å². The summed E-state index contributed by atoms with van der Waals surface area (Å²) in [6.45, 7) is 8.82. The number of aliphatic hydroxyl groups excluding tert-OH is 1. The molecule has 1 aliphatic heterocycles. The van der Waals surface area contributed by atoms with E-state index < -0.39 is 35.4 Å². The van der Waals surface area contributed by atoms with Crippen LogP contribution < -0.4 is 0 Å². The van der Waals surface area contributed by atoms with Crippen LogP contribution in [-0.2, 0) is 21.3 Å². The average Bonchev–Trinajstić information content (AvgIpc) is 3.10. The maximum atomic E-state index is 13.0. The molecular weight excluding hydrogens is 336 g/mol. The Kier molecular flexibility index (Phi) is 5.51. The van der Waals surface area contributed by atoms with Crippen molar-refractivity contribution in [1.82, 2.24) is 9.47 Å². The number of ether oxygens (including phenoxy) is 2. The van der Waals surface area contributed by atoms with E-state index in [1.165, 1.54) is 11.0 Å². The van der Waals surface area contributed by atoms with Crippen LogP contribution >= 0.6 is 0 Å². The third-order valence-electron chi connectivity index (χ3n) is 4.07. The first kappa shape index (κ1) is 20.0. The second kappa shape index (κ2) is 7.15. The van der Waals surface area contributed by atoms with E-state index in [9.17, 15) is 14.7 Å². The second-order valence-corrected chi connectivity index (χ2v) is 7.72. The van der Waals surface area contributed by atoms with Gasteiger partial charge in [-0.3, -0.25) is 4.90 Å². The number of hydrogen-bond donors (Lipinski definition) is 1. The minimum absolute atomic E-state index is 0.142. The molecule has 1 aliphatic rings. The number of amides is 1. The summed E-state index contributed by atoms with van der Waals surface area (Å²) in [5.41, 5.74) is -1.92. The van der Waals surface area contributed by atoms with Crippen molar-refractivity contribution >= 4 is 12.1 Å². The number of aromatic nitrogens is 1. The molecule has 0 spiro atoms. The summed E-state index contributed by atoms with van der Waals surface area (Å²) in [6.07, 6.45) is 2.57. The monoisotopic (exact) mass is 364 g/mol. The molecule has 1 unspecified atom stereocenters. The SMILES string of the molecule is CC(C)OC(=O)C1([C@H](O)c2cccn2C)C=CCN1C(=O)OC(C)(C)C. The minimum Gasteiger partial charge on any atom is -0.461 e. The van der Waals surface area contributed by atoms with E-state index in [0.717, 1.165) is 0 Å². The van der Waals surface area contributed by atoms with Crippen LogP contribution in [-0.4, -0.2) is 50.4 Å². The number of rotatable bonds is 4. The molecule has 1 aromatic rings. The van der Waals surface area contributed by atoms with Crippen LogP contribution in [0.3, 0.4) is 0 Å². The normalized spacial score (nSPS) is 21.2. The first-order valence-electron chi connectivity index (χ1n) is 8.67. The van der Waals surface area contributed by atoms with Crippen molar-refractivity contribution in [2.75, 3.05) is 6.54 Å². The maximum absolute atomic E-state index is 13.0. The lowest BCUT2D eigenvalue weighted by Crippen LogP contribution is -2.59. The van der Waals surface area contributed by atoms with Crippen molar-refractivity contribution in [3.63, 3.8) is 0 Å². The van der Waals surface area contributed by atoms with Gasteiger partial charge in [-0.15, -0.1) is 0 Å². The van der Waals surface area contributed by atoms with Gasteiger partial charge in [-0.2, -0.15) is 0 Å². The van der Waals surface area contributed by atoms with Crippen molar-refractivity contribution in [3.8, 4) is 0 Å². The number of aliphatic hydroxyl groups is 1. The Morgan fingerprint density at radius 1 is 1.31 bits per heavy atom. The van der Waals surface area contributed by atoms with Crippen molar-refractivity contribution in [2.45, 2.75) is 58.0 Å². The smallest absolute Gasteiger partial charge is 0.411 e. The summed E-state index contributed by atoms with van der Waals surface area (Å²) in [5.74, 6) is -0.694. The fourth-order valence-corrected chi connectivity index (χ4v) is 2.94. The third-order valence-corrected chi connectivity index (χ3v) is 4.07. The van der Waals surface area contributed by atoms with Gasteiger partial charge in [-0.1, -0.05) is 6.08 Å². The Morgan fingerprint density at radius 2 is 1.96 bits per heavy atom. The Labute approximate surface area is 154 Å². The molecule has 7 nitrogen and oxygen atoms in total. The number of esters is 1. The van der Waals surface area contributed by atoms with Crippen LogP contribution in [0.1, 0.15) is 46.4 Å². The fraction of sp³-hybridized carbons (Fsp3) is 0.579. The minimum atomic E-state index is -1.68. The van der Waals surface area contributed by atoms with Gasteiger partial charge in [-0.05, 0) is 52.8 Å². The van der Waals surface area contributed by atoms with Crippen molar-refractivity contribution in [3.05, 3.63) is 36.2 Å². The molecule has 0 saturated carbocycles. The molecule has 26 heavy (non-hydrogen) atoms. The number of nitrogens with zero attached hydrogens (tertiary/aromatic N) is 2. The topological polar surface area (TPSA) is 81.0 Å². The Hall–Kier alpha value is -2.28. The highest BCUT2D eigenvalue weighted by Crippen LogP contribution is 2.38. The van der Waals surface area contributed by atoms with E-state index in [4.69, 9.17) is 9.47 Å². The van der Waals surface area contributed by atoms with Gasteiger partial charge in [0.15, 0.2) is 5.54 Å². The van der Waals surface area contributed by atoms with E-state index in [2.05, 4.69) is 0 Å². The number of carbonyl (C=O) groups excluding carboxylic acids is 2. The lowest BCUT2D eigenvalue weighted by atomic mass is 9.89. The summed E-state index contributed by atoms with van der Waals surface area (Å²) in [5, 5.41) is 11.1.